The molecule has 0 atom stereocenters. The Morgan fingerprint density at radius 1 is 1.00 bits per heavy atom. The van der Waals surface area contributed by atoms with Gasteiger partial charge in [-0.2, -0.15) is 0 Å². The van der Waals surface area contributed by atoms with Crippen LogP contribution in [-0.4, -0.2) is 25.6 Å². The fourth-order valence-electron chi connectivity index (χ4n) is 2.27. The van der Waals surface area contributed by atoms with Crippen LogP contribution in [0.5, 0.6) is 5.75 Å². The molecule has 0 spiro atoms. The zero-order chi connectivity index (χ0) is 18.1. The predicted molar refractivity (Wildman–Crippen MR) is 99.1 cm³/mol. The third kappa shape index (κ3) is 6.18. The lowest BCUT2D eigenvalue weighted by Gasteiger charge is -2.09. The van der Waals surface area contributed by atoms with Crippen LogP contribution in [-0.2, 0) is 11.2 Å². The lowest BCUT2D eigenvalue weighted by molar-refractivity contribution is -0.116. The van der Waals surface area contributed by atoms with Gasteiger partial charge in [-0.05, 0) is 49.2 Å². The van der Waals surface area contributed by atoms with Crippen LogP contribution in [0.4, 0.5) is 16.2 Å². The molecule has 0 bridgehead atoms. The van der Waals surface area contributed by atoms with Crippen LogP contribution in [0.25, 0.3) is 0 Å². The summed E-state index contributed by atoms with van der Waals surface area (Å²) < 4.78 is 5.40. The van der Waals surface area contributed by atoms with Gasteiger partial charge < -0.3 is 20.7 Å². The van der Waals surface area contributed by atoms with Gasteiger partial charge in [0.15, 0.2) is 0 Å². The number of rotatable bonds is 7. The number of ether oxygens (including phenoxy) is 1. The summed E-state index contributed by atoms with van der Waals surface area (Å²) in [5.41, 5.74) is 2.34. The highest BCUT2D eigenvalue weighted by Gasteiger charge is 2.05. The van der Waals surface area contributed by atoms with E-state index < -0.39 is 0 Å². The molecule has 25 heavy (non-hydrogen) atoms. The number of anilines is 2. The molecule has 3 N–H and O–H groups in total. The van der Waals surface area contributed by atoms with Gasteiger partial charge in [-0.25, -0.2) is 4.79 Å². The van der Waals surface area contributed by atoms with Crippen LogP contribution < -0.4 is 20.7 Å². The fraction of sp³-hybridized carbons (Fsp3) is 0.263. The first-order valence-corrected chi connectivity index (χ1v) is 8.21. The Bertz CT molecular complexity index is 714. The summed E-state index contributed by atoms with van der Waals surface area (Å²) in [6.07, 6.45) is 1.02. The molecule has 0 aromatic heterocycles. The summed E-state index contributed by atoms with van der Waals surface area (Å²) >= 11 is 0. The Kier molecular flexibility index (Phi) is 6.83. The van der Waals surface area contributed by atoms with Crippen molar-refractivity contribution in [3.05, 3.63) is 54.1 Å². The van der Waals surface area contributed by atoms with Crippen molar-refractivity contribution in [3.8, 4) is 5.75 Å². The van der Waals surface area contributed by atoms with E-state index in [0.717, 1.165) is 11.3 Å². The maximum Gasteiger partial charge on any atom is 0.318 e. The van der Waals surface area contributed by atoms with E-state index in [-0.39, 0.29) is 11.9 Å². The Labute approximate surface area is 147 Å². The highest BCUT2D eigenvalue weighted by atomic mass is 16.5. The Hall–Kier alpha value is -3.02. The lowest BCUT2D eigenvalue weighted by Crippen LogP contribution is -2.24. The normalized spacial score (nSPS) is 10.0. The molecule has 3 amide bonds. The van der Waals surface area contributed by atoms with Crippen molar-refractivity contribution in [2.24, 2.45) is 0 Å². The third-order valence-corrected chi connectivity index (χ3v) is 3.51. The first-order chi connectivity index (χ1) is 12.1. The molecule has 132 valence electrons. The van der Waals surface area contributed by atoms with Crippen LogP contribution in [0.15, 0.2) is 48.5 Å². The average Bonchev–Trinajstić information content (AvgIpc) is 2.61. The van der Waals surface area contributed by atoms with Gasteiger partial charge in [-0.3, -0.25) is 4.79 Å². The van der Waals surface area contributed by atoms with E-state index in [2.05, 4.69) is 16.0 Å². The number of carbonyl (C=O) groups is 2. The lowest BCUT2D eigenvalue weighted by atomic mass is 10.1. The summed E-state index contributed by atoms with van der Waals surface area (Å²) in [4.78, 5) is 23.4. The van der Waals surface area contributed by atoms with Crippen LogP contribution in [0.2, 0.25) is 0 Å². The van der Waals surface area contributed by atoms with E-state index in [1.165, 1.54) is 0 Å². The standard InChI is InChI=1S/C19H23N3O3/c1-3-25-17-10-7-14(8-11-17)9-12-18(23)21-15-5-4-6-16(13-15)22-19(24)20-2/h4-8,10-11,13H,3,9,12H2,1-2H3,(H,21,23)(H2,20,22,24). The molecule has 6 nitrogen and oxygen atoms in total. The monoisotopic (exact) mass is 341 g/mol. The number of hydrogen-bond acceptors (Lipinski definition) is 3. The number of urea groups is 1. The number of nitrogens with one attached hydrogen (secondary N) is 3. The molecule has 0 aliphatic heterocycles. The molecule has 2 rings (SSSR count). The maximum atomic E-state index is 12.1. The quantitative estimate of drug-likeness (QED) is 0.722. The van der Waals surface area contributed by atoms with E-state index in [0.29, 0.717) is 30.8 Å². The minimum absolute atomic E-state index is 0.0778. The Morgan fingerprint density at radius 2 is 1.68 bits per heavy atom. The minimum Gasteiger partial charge on any atom is -0.494 e. The van der Waals surface area contributed by atoms with Crippen molar-refractivity contribution >= 4 is 23.3 Å². The van der Waals surface area contributed by atoms with Crippen LogP contribution in [0.1, 0.15) is 18.9 Å². The maximum absolute atomic E-state index is 12.1. The molecule has 0 unspecified atom stereocenters. The largest absolute Gasteiger partial charge is 0.494 e. The van der Waals surface area contributed by atoms with Crippen molar-refractivity contribution in [2.75, 3.05) is 24.3 Å². The van der Waals surface area contributed by atoms with Gasteiger partial charge in [-0.1, -0.05) is 18.2 Å². The van der Waals surface area contributed by atoms with Crippen molar-refractivity contribution in [2.45, 2.75) is 19.8 Å². The van der Waals surface area contributed by atoms with E-state index in [9.17, 15) is 9.59 Å². The number of benzene rings is 2. The average molecular weight is 341 g/mol. The summed E-state index contributed by atoms with van der Waals surface area (Å²) in [5.74, 6) is 0.752. The predicted octanol–water partition coefficient (Wildman–Crippen LogP) is 3.41. The summed E-state index contributed by atoms with van der Waals surface area (Å²) in [6, 6.07) is 14.5. The summed E-state index contributed by atoms with van der Waals surface area (Å²) in [7, 11) is 1.54. The molecule has 0 saturated heterocycles. The van der Waals surface area contributed by atoms with Gasteiger partial charge in [0.2, 0.25) is 5.91 Å². The minimum atomic E-state index is -0.307. The molecule has 6 heteroatoms. The van der Waals surface area contributed by atoms with Crippen LogP contribution >= 0.6 is 0 Å². The Morgan fingerprint density at radius 3 is 2.32 bits per heavy atom. The van der Waals surface area contributed by atoms with Gasteiger partial charge >= 0.3 is 6.03 Å². The highest BCUT2D eigenvalue weighted by molar-refractivity contribution is 5.93. The van der Waals surface area contributed by atoms with E-state index >= 15 is 0 Å². The topological polar surface area (TPSA) is 79.5 Å². The second-order valence-electron chi connectivity index (χ2n) is 5.41. The van der Waals surface area contributed by atoms with E-state index in [1.54, 1.807) is 31.3 Å². The number of hydrogen-bond donors (Lipinski definition) is 3. The highest BCUT2D eigenvalue weighted by Crippen LogP contribution is 2.16. The van der Waals surface area contributed by atoms with Crippen LogP contribution in [0, 0.1) is 0 Å². The van der Waals surface area contributed by atoms with E-state index in [4.69, 9.17) is 4.74 Å². The van der Waals surface area contributed by atoms with Gasteiger partial charge in [0.25, 0.3) is 0 Å². The second kappa shape index (κ2) is 9.32. The zero-order valence-corrected chi connectivity index (χ0v) is 14.5. The first-order valence-electron chi connectivity index (χ1n) is 8.21. The molecule has 0 heterocycles. The SMILES string of the molecule is CCOc1ccc(CCC(=O)Nc2cccc(NC(=O)NC)c2)cc1. The zero-order valence-electron chi connectivity index (χ0n) is 14.5. The second-order valence-corrected chi connectivity index (χ2v) is 5.41. The van der Waals surface area contributed by atoms with Gasteiger partial charge in [0, 0.05) is 24.8 Å². The fourth-order valence-corrected chi connectivity index (χ4v) is 2.27. The van der Waals surface area contributed by atoms with Gasteiger partial charge in [0.1, 0.15) is 5.75 Å². The number of aryl methyl sites for hydroxylation is 1. The molecule has 2 aromatic rings. The molecule has 0 fully saturated rings. The molecular weight excluding hydrogens is 318 g/mol. The first kappa shape index (κ1) is 18.3. The van der Waals surface area contributed by atoms with Crippen molar-refractivity contribution < 1.29 is 14.3 Å². The van der Waals surface area contributed by atoms with E-state index in [1.807, 2.05) is 31.2 Å². The smallest absolute Gasteiger partial charge is 0.318 e. The van der Waals surface area contributed by atoms with Crippen molar-refractivity contribution in [1.29, 1.82) is 0 Å². The van der Waals surface area contributed by atoms with Crippen molar-refractivity contribution in [1.82, 2.24) is 5.32 Å². The summed E-state index contributed by atoms with van der Waals surface area (Å²) in [6.45, 7) is 2.58. The summed E-state index contributed by atoms with van der Waals surface area (Å²) in [5, 5.41) is 7.98. The molecular formula is C19H23N3O3. The number of carbonyl (C=O) groups excluding carboxylic acids is 2. The van der Waals surface area contributed by atoms with Crippen LogP contribution in [0.3, 0.4) is 0 Å². The third-order valence-electron chi connectivity index (χ3n) is 3.51. The van der Waals surface area contributed by atoms with Gasteiger partial charge in [-0.15, -0.1) is 0 Å². The molecule has 0 radical (unpaired) electrons. The molecule has 2 aromatic carbocycles. The molecule has 0 aliphatic carbocycles. The van der Waals surface area contributed by atoms with Crippen molar-refractivity contribution in [3.63, 3.8) is 0 Å². The number of amides is 3. The molecule has 0 aliphatic rings. The Balaban J connectivity index is 1.85. The molecule has 0 saturated carbocycles. The van der Waals surface area contributed by atoms with Gasteiger partial charge in [0.05, 0.1) is 6.61 Å².